The lowest BCUT2D eigenvalue weighted by atomic mass is 9.94. The lowest BCUT2D eigenvalue weighted by Crippen LogP contribution is -2.29. The lowest BCUT2D eigenvalue weighted by molar-refractivity contribution is 0.187. The maximum absolute atomic E-state index is 6.93. The molecular weight excluding hydrogens is 366 g/mol. The fourth-order valence-corrected chi connectivity index (χ4v) is 3.73. The summed E-state index contributed by atoms with van der Waals surface area (Å²) in [5.41, 5.74) is 3.07. The van der Waals surface area contributed by atoms with Gasteiger partial charge < -0.3 is 14.9 Å². The van der Waals surface area contributed by atoms with Crippen LogP contribution in [0.5, 0.6) is 5.75 Å². The van der Waals surface area contributed by atoms with Gasteiger partial charge in [0.15, 0.2) is 17.8 Å². The molecule has 0 bridgehead atoms. The van der Waals surface area contributed by atoms with Crippen LogP contribution < -0.4 is 10.1 Å². The second-order valence-electron chi connectivity index (χ2n) is 7.12. The summed E-state index contributed by atoms with van der Waals surface area (Å²) in [5.74, 6) is 2.21. The van der Waals surface area contributed by atoms with Crippen molar-refractivity contribution in [3.8, 4) is 17.0 Å². The number of ether oxygens (including phenoxy) is 1. The van der Waals surface area contributed by atoms with Crippen molar-refractivity contribution in [3.63, 3.8) is 0 Å². The molecule has 1 aliphatic heterocycles. The molecule has 0 amide bonds. The van der Waals surface area contributed by atoms with Crippen molar-refractivity contribution in [1.29, 1.82) is 0 Å². The predicted molar refractivity (Wildman–Crippen MR) is 111 cm³/mol. The first-order valence-corrected chi connectivity index (χ1v) is 9.58. The average molecular weight is 389 g/mol. The van der Waals surface area contributed by atoms with E-state index >= 15 is 0 Å². The Morgan fingerprint density at radius 1 is 1.21 bits per heavy atom. The van der Waals surface area contributed by atoms with Crippen LogP contribution in [0.1, 0.15) is 30.9 Å². The summed E-state index contributed by atoms with van der Waals surface area (Å²) in [4.78, 5) is 13.8. The number of H-pyrrole nitrogens is 1. The van der Waals surface area contributed by atoms with Gasteiger partial charge in [0.2, 0.25) is 0 Å². The minimum Gasteiger partial charge on any atom is -0.496 e. The molecule has 0 spiro atoms. The normalized spacial score (nSPS) is 16.9. The molecule has 3 heterocycles. The Balaban J connectivity index is 1.55. The van der Waals surface area contributed by atoms with Gasteiger partial charge in [0.25, 0.3) is 5.82 Å². The van der Waals surface area contributed by atoms with Gasteiger partial charge in [0, 0.05) is 17.7 Å². The highest BCUT2D eigenvalue weighted by molar-refractivity contribution is 5.71. The number of hydrogen-bond donors (Lipinski definition) is 2. The maximum Gasteiger partial charge on any atom is 0.288 e. The van der Waals surface area contributed by atoms with E-state index in [1.807, 2.05) is 6.07 Å². The summed E-state index contributed by atoms with van der Waals surface area (Å²) in [6.07, 6.45) is 6.63. The first-order valence-electron chi connectivity index (χ1n) is 9.58. The largest absolute Gasteiger partial charge is 0.496 e. The molecule has 1 saturated heterocycles. The van der Waals surface area contributed by atoms with E-state index < -0.39 is 0 Å². The Morgan fingerprint density at radius 2 is 2.10 bits per heavy atom. The molecule has 1 aliphatic rings. The molecule has 2 N–H and O–H groups in total. The van der Waals surface area contributed by atoms with E-state index in [1.54, 1.807) is 7.11 Å². The Hall–Kier alpha value is -3.44. The van der Waals surface area contributed by atoms with Gasteiger partial charge in [-0.15, -0.1) is 4.98 Å². The van der Waals surface area contributed by atoms with E-state index in [2.05, 4.69) is 60.5 Å². The van der Waals surface area contributed by atoms with Crippen molar-refractivity contribution in [2.24, 2.45) is 0 Å². The lowest BCUT2D eigenvalue weighted by Gasteiger charge is -2.33. The molecule has 148 valence electrons. The van der Waals surface area contributed by atoms with Crippen molar-refractivity contribution in [3.05, 3.63) is 53.6 Å². The molecule has 0 radical (unpaired) electrons. The fourth-order valence-electron chi connectivity index (χ4n) is 3.73. The van der Waals surface area contributed by atoms with E-state index in [9.17, 15) is 0 Å². The fraction of sp³-hybridized carbons (Fsp3) is 0.333. The van der Waals surface area contributed by atoms with Gasteiger partial charge in [-0.1, -0.05) is 19.1 Å². The third kappa shape index (κ3) is 4.05. The first kappa shape index (κ1) is 18.9. The zero-order valence-electron chi connectivity index (χ0n) is 16.5. The number of rotatable bonds is 5. The van der Waals surface area contributed by atoms with Crippen molar-refractivity contribution < 1.29 is 4.74 Å². The summed E-state index contributed by atoms with van der Waals surface area (Å²) in [7, 11) is 3.88. The maximum atomic E-state index is 6.93. The summed E-state index contributed by atoms with van der Waals surface area (Å²) in [5, 5.41) is 10.4. The van der Waals surface area contributed by atoms with Crippen LogP contribution in [0, 0.1) is 6.57 Å². The van der Waals surface area contributed by atoms with Crippen LogP contribution in [0.2, 0.25) is 0 Å². The second-order valence-corrected chi connectivity index (χ2v) is 7.12. The second kappa shape index (κ2) is 8.29. The summed E-state index contributed by atoms with van der Waals surface area (Å²) in [6.45, 7) is 8.06. The highest BCUT2D eigenvalue weighted by Gasteiger charge is 2.22. The summed E-state index contributed by atoms with van der Waals surface area (Å²) < 4.78 is 5.68. The van der Waals surface area contributed by atoms with Gasteiger partial charge >= 0.3 is 0 Å². The van der Waals surface area contributed by atoms with Crippen molar-refractivity contribution in [2.45, 2.75) is 25.3 Å². The van der Waals surface area contributed by atoms with Gasteiger partial charge in [-0.05, 0) is 44.1 Å². The molecular formula is C21H23N7O. The topological polar surface area (TPSA) is 83.3 Å². The Bertz CT molecular complexity index is 1020. The third-order valence-electron chi connectivity index (χ3n) is 5.26. The van der Waals surface area contributed by atoms with Gasteiger partial charge in [0.1, 0.15) is 5.75 Å². The minimum atomic E-state index is 0.256. The summed E-state index contributed by atoms with van der Waals surface area (Å²) in [6, 6.07) is 8.71. The molecule has 0 saturated carbocycles. The van der Waals surface area contributed by atoms with Crippen LogP contribution >= 0.6 is 0 Å². The molecule has 0 aliphatic carbocycles. The molecule has 8 heteroatoms. The number of benzene rings is 1. The van der Waals surface area contributed by atoms with Gasteiger partial charge in [0.05, 0.1) is 19.0 Å². The Morgan fingerprint density at radius 3 is 2.83 bits per heavy atom. The number of nitrogens with zero attached hydrogens (tertiary/aromatic N) is 5. The van der Waals surface area contributed by atoms with Gasteiger partial charge in [-0.3, -0.25) is 10.00 Å². The molecule has 1 atom stereocenters. The number of anilines is 2. The Kier molecular flexibility index (Phi) is 5.40. The number of piperidine rings is 1. The number of methoxy groups -OCH3 is 1. The van der Waals surface area contributed by atoms with Crippen LogP contribution in [-0.2, 0) is 0 Å². The first-order chi connectivity index (χ1) is 14.2. The van der Waals surface area contributed by atoms with E-state index in [0.29, 0.717) is 17.7 Å². The molecule has 2 aromatic heterocycles. The minimum absolute atomic E-state index is 0.256. The molecule has 1 aromatic carbocycles. The third-order valence-corrected chi connectivity index (χ3v) is 5.26. The van der Waals surface area contributed by atoms with Crippen LogP contribution in [0.4, 0.5) is 17.5 Å². The molecule has 29 heavy (non-hydrogen) atoms. The quantitative estimate of drug-likeness (QED) is 0.632. The van der Waals surface area contributed by atoms with Gasteiger partial charge in [-0.25, -0.2) is 4.98 Å². The van der Waals surface area contributed by atoms with Crippen molar-refractivity contribution in [2.75, 3.05) is 26.0 Å². The van der Waals surface area contributed by atoms with E-state index in [0.717, 1.165) is 23.6 Å². The molecule has 3 aromatic rings. The predicted octanol–water partition coefficient (Wildman–Crippen LogP) is 4.33. The van der Waals surface area contributed by atoms with E-state index in [4.69, 9.17) is 11.3 Å². The monoisotopic (exact) mass is 389 g/mol. The van der Waals surface area contributed by atoms with Crippen LogP contribution in [0.3, 0.4) is 0 Å². The highest BCUT2D eigenvalue weighted by atomic mass is 16.5. The number of hydrogen-bond acceptors (Lipinski definition) is 6. The van der Waals surface area contributed by atoms with Crippen LogP contribution in [0.15, 0.2) is 36.7 Å². The molecule has 1 fully saturated rings. The summed E-state index contributed by atoms with van der Waals surface area (Å²) >= 11 is 0. The van der Waals surface area contributed by atoms with Crippen LogP contribution in [-0.4, -0.2) is 45.8 Å². The molecule has 1 unspecified atom stereocenters. The highest BCUT2D eigenvalue weighted by Crippen LogP contribution is 2.36. The SMILES string of the molecule is [C-]#[N+]c1cnc(Nc2cc(-c3ccc(C4CCCCN4C)cc3OC)[nH]n2)cn1. The van der Waals surface area contributed by atoms with E-state index in [1.165, 1.54) is 37.2 Å². The smallest absolute Gasteiger partial charge is 0.288 e. The number of aromatic amines is 1. The average Bonchev–Trinajstić information content (AvgIpc) is 3.22. The zero-order chi connectivity index (χ0) is 20.2. The standard InChI is InChI=1S/C21H23N7O/c1-22-20-12-24-21(13-23-20)25-19-11-16(26-27-19)15-8-7-14(10-18(15)29-3)17-6-4-5-9-28(17)2/h7-8,10-13,17H,4-6,9H2,2-3H3,(H2,24,25,26,27). The number of aromatic nitrogens is 4. The number of likely N-dealkylation sites (tertiary alicyclic amines) is 1. The van der Waals surface area contributed by atoms with E-state index in [-0.39, 0.29) is 5.82 Å². The van der Waals surface area contributed by atoms with Crippen molar-refractivity contribution in [1.82, 2.24) is 25.1 Å². The van der Waals surface area contributed by atoms with Gasteiger partial charge in [-0.2, -0.15) is 5.10 Å². The number of nitrogens with one attached hydrogen (secondary N) is 2. The van der Waals surface area contributed by atoms with Crippen molar-refractivity contribution >= 4 is 17.5 Å². The molecule has 4 rings (SSSR count). The molecule has 8 nitrogen and oxygen atoms in total. The Labute approximate surface area is 169 Å². The zero-order valence-corrected chi connectivity index (χ0v) is 16.5. The van der Waals surface area contributed by atoms with Crippen LogP contribution in [0.25, 0.3) is 16.1 Å².